The molecule has 0 saturated carbocycles. The van der Waals surface area contributed by atoms with Crippen LogP contribution in [0.15, 0.2) is 72.8 Å². The van der Waals surface area contributed by atoms with Crippen molar-refractivity contribution in [2.75, 3.05) is 7.11 Å². The quantitative estimate of drug-likeness (QED) is 0.358. The van der Waals surface area contributed by atoms with Gasteiger partial charge in [-0.15, -0.1) is 0 Å². The Hall–Kier alpha value is -3.04. The van der Waals surface area contributed by atoms with Crippen molar-refractivity contribution in [2.24, 2.45) is 0 Å². The van der Waals surface area contributed by atoms with Crippen molar-refractivity contribution < 1.29 is 14.3 Å². The molecule has 0 N–H and O–H groups in total. The largest absolute Gasteiger partial charge is 0.496 e. The Labute approximate surface area is 170 Å². The van der Waals surface area contributed by atoms with Crippen molar-refractivity contribution >= 4 is 23.5 Å². The van der Waals surface area contributed by atoms with Gasteiger partial charge in [-0.05, 0) is 61.0 Å². The van der Waals surface area contributed by atoms with Crippen molar-refractivity contribution in [3.8, 4) is 11.5 Å². The average molecular weight is 393 g/mol. The van der Waals surface area contributed by atoms with E-state index in [1.165, 1.54) is 0 Å². The van der Waals surface area contributed by atoms with Crippen LogP contribution in [0.3, 0.4) is 0 Å². The summed E-state index contributed by atoms with van der Waals surface area (Å²) in [5.74, 6) is 1.43. The molecular formula is C24H21ClO3. The van der Waals surface area contributed by atoms with Crippen LogP contribution in [0.5, 0.6) is 11.5 Å². The van der Waals surface area contributed by atoms with Crippen molar-refractivity contribution in [3.63, 3.8) is 0 Å². The molecule has 0 aromatic heterocycles. The topological polar surface area (TPSA) is 35.5 Å². The maximum atomic E-state index is 12.4. The second-order valence-corrected chi connectivity index (χ2v) is 6.82. The Morgan fingerprint density at radius 1 is 1.04 bits per heavy atom. The first-order chi connectivity index (χ1) is 13.5. The monoisotopic (exact) mass is 392 g/mol. The zero-order chi connectivity index (χ0) is 19.9. The first-order valence-electron chi connectivity index (χ1n) is 8.89. The maximum absolute atomic E-state index is 12.4. The van der Waals surface area contributed by atoms with Gasteiger partial charge in [0.25, 0.3) is 0 Å². The third-order valence-corrected chi connectivity index (χ3v) is 4.49. The molecular weight excluding hydrogens is 372 g/mol. The zero-order valence-electron chi connectivity index (χ0n) is 15.8. The number of hydrogen-bond donors (Lipinski definition) is 0. The molecule has 3 aromatic rings. The summed E-state index contributed by atoms with van der Waals surface area (Å²) in [5, 5.41) is 0.662. The van der Waals surface area contributed by atoms with Gasteiger partial charge in [-0.1, -0.05) is 47.5 Å². The summed E-state index contributed by atoms with van der Waals surface area (Å²) in [6.07, 6.45) is 3.39. The number of carbonyl (C=O) groups excluding carboxylic acids is 1. The van der Waals surface area contributed by atoms with E-state index in [-0.39, 0.29) is 5.78 Å². The van der Waals surface area contributed by atoms with Gasteiger partial charge in [-0.3, -0.25) is 4.79 Å². The molecule has 28 heavy (non-hydrogen) atoms. The van der Waals surface area contributed by atoms with E-state index in [9.17, 15) is 4.79 Å². The summed E-state index contributed by atoms with van der Waals surface area (Å²) in [6, 6.07) is 20.5. The highest BCUT2D eigenvalue weighted by Gasteiger charge is 2.06. The first kappa shape index (κ1) is 19.7. The lowest BCUT2D eigenvalue weighted by Gasteiger charge is -2.11. The summed E-state index contributed by atoms with van der Waals surface area (Å²) < 4.78 is 11.2. The number of allylic oxidation sites excluding steroid dienone is 1. The number of ether oxygens (including phenoxy) is 2. The molecule has 0 amide bonds. The number of hydrogen-bond acceptors (Lipinski definition) is 3. The van der Waals surface area contributed by atoms with Gasteiger partial charge in [0.1, 0.15) is 18.1 Å². The standard InChI is InChI=1S/C24H21ClO3/c1-17-4-3-5-19(14-17)23(26)12-6-18-7-13-24(27-2)20(15-18)16-28-22-10-8-21(25)9-11-22/h3-15H,16H2,1-2H3/b12-6+. The van der Waals surface area contributed by atoms with Gasteiger partial charge in [0.2, 0.25) is 0 Å². The fraction of sp³-hybridized carbons (Fsp3) is 0.125. The minimum atomic E-state index is -0.0292. The Balaban J connectivity index is 1.74. The van der Waals surface area contributed by atoms with Crippen molar-refractivity contribution in [1.82, 2.24) is 0 Å². The van der Waals surface area contributed by atoms with E-state index in [1.807, 2.05) is 61.5 Å². The number of benzene rings is 3. The zero-order valence-corrected chi connectivity index (χ0v) is 16.6. The molecule has 0 atom stereocenters. The summed E-state index contributed by atoms with van der Waals surface area (Å²) in [7, 11) is 1.62. The number of methoxy groups -OCH3 is 1. The molecule has 0 saturated heterocycles. The van der Waals surface area contributed by atoms with Crippen LogP contribution in [0.25, 0.3) is 6.08 Å². The van der Waals surface area contributed by atoms with Gasteiger partial charge in [0.05, 0.1) is 7.11 Å². The first-order valence-corrected chi connectivity index (χ1v) is 9.27. The number of rotatable bonds is 7. The third kappa shape index (κ3) is 5.24. The SMILES string of the molecule is COc1ccc(/C=C/C(=O)c2cccc(C)c2)cc1COc1ccc(Cl)cc1. The number of aryl methyl sites for hydroxylation is 1. The Morgan fingerprint density at radius 3 is 2.54 bits per heavy atom. The van der Waals surface area contributed by atoms with Crippen LogP contribution >= 0.6 is 11.6 Å². The van der Waals surface area contributed by atoms with E-state index in [0.717, 1.165) is 28.2 Å². The van der Waals surface area contributed by atoms with Gasteiger partial charge < -0.3 is 9.47 Å². The van der Waals surface area contributed by atoms with E-state index in [0.29, 0.717) is 17.2 Å². The van der Waals surface area contributed by atoms with E-state index < -0.39 is 0 Å². The molecule has 0 heterocycles. The van der Waals surface area contributed by atoms with Gasteiger partial charge in [0, 0.05) is 16.1 Å². The second kappa shape index (κ2) is 9.25. The number of halogens is 1. The lowest BCUT2D eigenvalue weighted by atomic mass is 10.1. The molecule has 0 aliphatic rings. The predicted molar refractivity (Wildman–Crippen MR) is 113 cm³/mol. The summed E-state index contributed by atoms with van der Waals surface area (Å²) in [5.41, 5.74) is 3.53. The Morgan fingerprint density at radius 2 is 1.82 bits per heavy atom. The molecule has 0 spiro atoms. The average Bonchev–Trinajstić information content (AvgIpc) is 2.71. The van der Waals surface area contributed by atoms with Gasteiger partial charge in [0.15, 0.2) is 5.78 Å². The van der Waals surface area contributed by atoms with Crippen LogP contribution in [0.4, 0.5) is 0 Å². The molecule has 142 valence electrons. The van der Waals surface area contributed by atoms with Crippen LogP contribution < -0.4 is 9.47 Å². The number of carbonyl (C=O) groups is 1. The molecule has 0 fully saturated rings. The van der Waals surface area contributed by atoms with Gasteiger partial charge >= 0.3 is 0 Å². The van der Waals surface area contributed by atoms with Crippen LogP contribution in [-0.4, -0.2) is 12.9 Å². The summed E-state index contributed by atoms with van der Waals surface area (Å²) >= 11 is 5.90. The van der Waals surface area contributed by atoms with Crippen molar-refractivity contribution in [1.29, 1.82) is 0 Å². The highest BCUT2D eigenvalue weighted by molar-refractivity contribution is 6.30. The van der Waals surface area contributed by atoms with Gasteiger partial charge in [-0.2, -0.15) is 0 Å². The molecule has 4 heteroatoms. The van der Waals surface area contributed by atoms with Crippen LogP contribution in [0, 0.1) is 6.92 Å². The maximum Gasteiger partial charge on any atom is 0.185 e. The molecule has 0 unspecified atom stereocenters. The summed E-state index contributed by atoms with van der Waals surface area (Å²) in [6.45, 7) is 2.31. The molecule has 3 rings (SSSR count). The van der Waals surface area contributed by atoms with E-state index in [4.69, 9.17) is 21.1 Å². The summed E-state index contributed by atoms with van der Waals surface area (Å²) in [4.78, 5) is 12.4. The predicted octanol–water partition coefficient (Wildman–Crippen LogP) is 6.13. The smallest absolute Gasteiger partial charge is 0.185 e. The Kier molecular flexibility index (Phi) is 6.51. The lowest BCUT2D eigenvalue weighted by Crippen LogP contribution is -1.99. The second-order valence-electron chi connectivity index (χ2n) is 6.38. The van der Waals surface area contributed by atoms with E-state index in [2.05, 4.69) is 0 Å². The highest BCUT2D eigenvalue weighted by Crippen LogP contribution is 2.24. The molecule has 0 bridgehead atoms. The van der Waals surface area contributed by atoms with Gasteiger partial charge in [-0.25, -0.2) is 0 Å². The lowest BCUT2D eigenvalue weighted by molar-refractivity contribution is 0.104. The molecule has 3 aromatic carbocycles. The molecule has 0 radical (unpaired) electrons. The minimum Gasteiger partial charge on any atom is -0.496 e. The molecule has 0 aliphatic heterocycles. The van der Waals surface area contributed by atoms with Crippen LogP contribution in [0.2, 0.25) is 5.02 Å². The van der Waals surface area contributed by atoms with Crippen molar-refractivity contribution in [2.45, 2.75) is 13.5 Å². The Bertz CT molecular complexity index is 991. The van der Waals surface area contributed by atoms with Crippen molar-refractivity contribution in [3.05, 3.63) is 100 Å². The molecule has 3 nitrogen and oxygen atoms in total. The third-order valence-electron chi connectivity index (χ3n) is 4.24. The van der Waals surface area contributed by atoms with E-state index in [1.54, 1.807) is 31.4 Å². The minimum absolute atomic E-state index is 0.0292. The van der Waals surface area contributed by atoms with E-state index >= 15 is 0 Å². The normalized spacial score (nSPS) is 10.8. The van der Waals surface area contributed by atoms with Crippen LogP contribution in [-0.2, 0) is 6.61 Å². The fourth-order valence-corrected chi connectivity index (χ4v) is 2.90. The fourth-order valence-electron chi connectivity index (χ4n) is 2.77. The molecule has 0 aliphatic carbocycles. The highest BCUT2D eigenvalue weighted by atomic mass is 35.5. The number of ketones is 1. The van der Waals surface area contributed by atoms with Crippen LogP contribution in [0.1, 0.15) is 27.0 Å².